The summed E-state index contributed by atoms with van der Waals surface area (Å²) >= 11 is 0. The monoisotopic (exact) mass is 525 g/mol. The molecule has 202 valence electrons. The van der Waals surface area contributed by atoms with E-state index < -0.39 is 58.7 Å². The number of benzene rings is 1. The Morgan fingerprint density at radius 1 is 1.14 bits per heavy atom. The van der Waals surface area contributed by atoms with Gasteiger partial charge in [-0.15, -0.1) is 0 Å². The molecule has 0 unspecified atom stereocenters. The SMILES string of the molecule is O=C1C[C@]2(C(=O)O)C[C@H]2/C=C\CCCCC[C@H](Cc2cc(F)cc(C(F)(F)F)c2)C(=O)N2C[C@H](O)C[C@@H]12. The van der Waals surface area contributed by atoms with Crippen molar-refractivity contribution in [1.29, 1.82) is 0 Å². The Morgan fingerprint density at radius 3 is 2.59 bits per heavy atom. The van der Waals surface area contributed by atoms with E-state index in [0.717, 1.165) is 25.0 Å². The second-order valence-electron chi connectivity index (χ2n) is 10.6. The van der Waals surface area contributed by atoms with E-state index in [2.05, 4.69) is 0 Å². The number of nitrogens with zero attached hydrogens (tertiary/aromatic N) is 1. The van der Waals surface area contributed by atoms with E-state index in [4.69, 9.17) is 0 Å². The lowest BCUT2D eigenvalue weighted by Crippen LogP contribution is -2.45. The second-order valence-corrected chi connectivity index (χ2v) is 10.6. The van der Waals surface area contributed by atoms with Gasteiger partial charge in [0.05, 0.1) is 23.1 Å². The Hall–Kier alpha value is -2.75. The minimum absolute atomic E-state index is 0.0221. The summed E-state index contributed by atoms with van der Waals surface area (Å²) in [4.78, 5) is 40.2. The van der Waals surface area contributed by atoms with E-state index >= 15 is 0 Å². The molecule has 3 aliphatic rings. The maximum Gasteiger partial charge on any atom is 0.416 e. The first-order valence-corrected chi connectivity index (χ1v) is 12.7. The fraction of sp³-hybridized carbons (Fsp3) is 0.593. The highest BCUT2D eigenvalue weighted by molar-refractivity contribution is 5.95. The normalized spacial score (nSPS) is 32.2. The summed E-state index contributed by atoms with van der Waals surface area (Å²) in [7, 11) is 0. The smallest absolute Gasteiger partial charge is 0.416 e. The van der Waals surface area contributed by atoms with Gasteiger partial charge >= 0.3 is 12.1 Å². The number of Topliss-reactive ketones (excluding diaryl/α,β-unsaturated/α-hetero) is 1. The molecule has 37 heavy (non-hydrogen) atoms. The number of halogens is 4. The third kappa shape index (κ3) is 6.05. The molecule has 4 rings (SSSR count). The Morgan fingerprint density at radius 2 is 1.89 bits per heavy atom. The van der Waals surface area contributed by atoms with Crippen LogP contribution in [-0.2, 0) is 27.0 Å². The lowest BCUT2D eigenvalue weighted by atomic mass is 9.90. The third-order valence-electron chi connectivity index (χ3n) is 7.89. The highest BCUT2D eigenvalue weighted by Gasteiger charge is 2.61. The minimum atomic E-state index is -4.74. The van der Waals surface area contributed by atoms with Crippen molar-refractivity contribution >= 4 is 17.7 Å². The van der Waals surface area contributed by atoms with E-state index in [0.29, 0.717) is 31.7 Å². The fourth-order valence-corrected chi connectivity index (χ4v) is 5.76. The van der Waals surface area contributed by atoms with Crippen molar-refractivity contribution in [1.82, 2.24) is 4.90 Å². The number of hydrogen-bond donors (Lipinski definition) is 2. The number of rotatable bonds is 3. The van der Waals surface area contributed by atoms with Crippen LogP contribution in [0.5, 0.6) is 0 Å². The number of ketones is 1. The van der Waals surface area contributed by atoms with Crippen molar-refractivity contribution in [3.8, 4) is 0 Å². The lowest BCUT2D eigenvalue weighted by Gasteiger charge is -2.29. The number of aliphatic hydroxyl groups excluding tert-OH is 1. The van der Waals surface area contributed by atoms with Crippen molar-refractivity contribution in [3.63, 3.8) is 0 Å². The summed E-state index contributed by atoms with van der Waals surface area (Å²) < 4.78 is 53.7. The summed E-state index contributed by atoms with van der Waals surface area (Å²) in [6, 6.07) is 1.22. The first-order chi connectivity index (χ1) is 17.4. The van der Waals surface area contributed by atoms with Crippen LogP contribution in [0.3, 0.4) is 0 Å². The summed E-state index contributed by atoms with van der Waals surface area (Å²) in [5.74, 6) is -4.13. The minimum Gasteiger partial charge on any atom is -0.481 e. The van der Waals surface area contributed by atoms with Gasteiger partial charge < -0.3 is 15.1 Å². The molecule has 10 heteroatoms. The van der Waals surface area contributed by atoms with Gasteiger partial charge in [-0.25, -0.2) is 4.39 Å². The maximum atomic E-state index is 14.0. The van der Waals surface area contributed by atoms with Crippen LogP contribution in [0.2, 0.25) is 0 Å². The average Bonchev–Trinajstić information content (AvgIpc) is 3.36. The second kappa shape index (κ2) is 10.6. The lowest BCUT2D eigenvalue weighted by molar-refractivity contribution is -0.147. The number of carbonyl (C=O) groups is 3. The molecule has 2 N–H and O–H groups in total. The van der Waals surface area contributed by atoms with Crippen LogP contribution in [0.25, 0.3) is 0 Å². The number of carboxylic acids is 1. The van der Waals surface area contributed by atoms with Crippen LogP contribution in [0.15, 0.2) is 30.4 Å². The molecule has 2 aliphatic heterocycles. The number of fused-ring (bicyclic) bond motifs is 2. The van der Waals surface area contributed by atoms with Crippen LogP contribution in [0.4, 0.5) is 17.6 Å². The zero-order valence-electron chi connectivity index (χ0n) is 20.3. The van der Waals surface area contributed by atoms with E-state index in [1.807, 2.05) is 12.2 Å². The zero-order chi connectivity index (χ0) is 27.0. The number of aliphatic hydroxyl groups is 1. The van der Waals surface area contributed by atoms with Gasteiger partial charge in [0.15, 0.2) is 5.78 Å². The topological polar surface area (TPSA) is 94.9 Å². The van der Waals surface area contributed by atoms with Gasteiger partial charge in [0.2, 0.25) is 5.91 Å². The van der Waals surface area contributed by atoms with Crippen molar-refractivity contribution in [2.24, 2.45) is 17.3 Å². The number of alkyl halides is 3. The number of carbonyl (C=O) groups excluding carboxylic acids is 2. The molecule has 2 fully saturated rings. The molecule has 0 aromatic heterocycles. The maximum absolute atomic E-state index is 14.0. The molecule has 1 aromatic rings. The highest BCUT2D eigenvalue weighted by Crippen LogP contribution is 2.57. The molecule has 1 amide bonds. The molecule has 1 aliphatic carbocycles. The molecule has 0 radical (unpaired) electrons. The molecule has 1 aromatic carbocycles. The molecule has 0 spiro atoms. The summed E-state index contributed by atoms with van der Waals surface area (Å²) in [5.41, 5.74) is -2.33. The zero-order valence-corrected chi connectivity index (χ0v) is 20.3. The van der Waals surface area contributed by atoms with Crippen molar-refractivity contribution in [2.75, 3.05) is 6.54 Å². The Labute approximate surface area is 212 Å². The van der Waals surface area contributed by atoms with E-state index in [1.54, 1.807) is 0 Å². The standard InChI is InChI=1S/C27H31F4NO5/c28-20-10-16(9-19(11-20)27(29,30)31)8-17-6-4-2-1-3-5-7-18-13-26(18,25(36)37)14-23(34)22-12-21(33)15-32(22)24(17)35/h5,7,9-11,17-18,21-22,33H,1-4,6,8,12-15H2,(H,36,37)/b7-5-/t17-,18-,21-,22+,26-/m1/s1. The molecule has 1 saturated carbocycles. The molecule has 2 heterocycles. The summed E-state index contributed by atoms with van der Waals surface area (Å²) in [6.45, 7) is -0.119. The van der Waals surface area contributed by atoms with Crippen LogP contribution < -0.4 is 0 Å². The van der Waals surface area contributed by atoms with Crippen LogP contribution in [-0.4, -0.2) is 51.5 Å². The van der Waals surface area contributed by atoms with Gasteiger partial charge in [0.25, 0.3) is 0 Å². The van der Waals surface area contributed by atoms with Gasteiger partial charge in [-0.3, -0.25) is 14.4 Å². The third-order valence-corrected chi connectivity index (χ3v) is 7.89. The molecular formula is C27H31F4NO5. The van der Waals surface area contributed by atoms with Crippen molar-refractivity contribution in [2.45, 2.75) is 76.1 Å². The van der Waals surface area contributed by atoms with Crippen molar-refractivity contribution in [3.05, 3.63) is 47.3 Å². The molecule has 1 saturated heterocycles. The Kier molecular flexibility index (Phi) is 7.78. The predicted molar refractivity (Wildman–Crippen MR) is 125 cm³/mol. The number of carboxylic acid groups (broad SMARTS) is 1. The van der Waals surface area contributed by atoms with Crippen LogP contribution in [0.1, 0.15) is 62.5 Å². The number of amides is 1. The van der Waals surface area contributed by atoms with E-state index in [9.17, 15) is 42.2 Å². The van der Waals surface area contributed by atoms with Crippen LogP contribution >= 0.6 is 0 Å². The molecular weight excluding hydrogens is 494 g/mol. The largest absolute Gasteiger partial charge is 0.481 e. The molecule has 5 atom stereocenters. The van der Waals surface area contributed by atoms with E-state index in [-0.39, 0.29) is 37.3 Å². The highest BCUT2D eigenvalue weighted by atomic mass is 19.4. The fourth-order valence-electron chi connectivity index (χ4n) is 5.76. The average molecular weight is 526 g/mol. The molecule has 6 nitrogen and oxygen atoms in total. The predicted octanol–water partition coefficient (Wildman–Crippen LogP) is 4.54. The van der Waals surface area contributed by atoms with Gasteiger partial charge in [-0.2, -0.15) is 13.2 Å². The number of aliphatic carboxylic acids is 1. The van der Waals surface area contributed by atoms with Crippen LogP contribution in [0, 0.1) is 23.1 Å². The van der Waals surface area contributed by atoms with Crippen molar-refractivity contribution < 1.29 is 42.2 Å². The van der Waals surface area contributed by atoms with E-state index in [1.165, 1.54) is 4.90 Å². The number of hydrogen-bond acceptors (Lipinski definition) is 4. The Bertz CT molecular complexity index is 1090. The van der Waals surface area contributed by atoms with Gasteiger partial charge in [-0.1, -0.05) is 25.0 Å². The molecule has 0 bridgehead atoms. The Balaban J connectivity index is 1.62. The van der Waals surface area contributed by atoms with Gasteiger partial charge in [-0.05, 0) is 61.8 Å². The summed E-state index contributed by atoms with van der Waals surface area (Å²) in [5, 5.41) is 20.1. The summed E-state index contributed by atoms with van der Waals surface area (Å²) in [6.07, 6.45) is 1.11. The van der Waals surface area contributed by atoms with Gasteiger partial charge in [0.1, 0.15) is 5.82 Å². The first kappa shape index (κ1) is 27.3. The number of allylic oxidation sites excluding steroid dienone is 2. The quantitative estimate of drug-likeness (QED) is 0.447. The first-order valence-electron chi connectivity index (χ1n) is 12.7. The van der Waals surface area contributed by atoms with Gasteiger partial charge in [0, 0.05) is 25.3 Å².